The molecule has 0 spiro atoms. The minimum Gasteiger partial charge on any atom is -0.365 e. The van der Waals surface area contributed by atoms with Crippen molar-refractivity contribution in [3.8, 4) is 0 Å². The first-order valence-electron chi connectivity index (χ1n) is 12.2. The second-order valence-corrected chi connectivity index (χ2v) is 9.54. The van der Waals surface area contributed by atoms with Crippen molar-refractivity contribution >= 4 is 22.3 Å². The Labute approximate surface area is 191 Å². The molecule has 1 aromatic heterocycles. The van der Waals surface area contributed by atoms with Gasteiger partial charge in [-0.25, -0.2) is 9.97 Å². The van der Waals surface area contributed by atoms with Crippen LogP contribution >= 0.6 is 0 Å². The average Bonchev–Trinajstić information content (AvgIpc) is 2.83. The van der Waals surface area contributed by atoms with Crippen LogP contribution in [0.15, 0.2) is 36.4 Å². The summed E-state index contributed by atoms with van der Waals surface area (Å²) in [7, 11) is 2.23. The maximum Gasteiger partial charge on any atom is 0.135 e. The number of anilines is 2. The second-order valence-electron chi connectivity index (χ2n) is 9.54. The number of fused-ring (bicyclic) bond motifs is 2. The van der Waals surface area contributed by atoms with Crippen molar-refractivity contribution in [1.82, 2.24) is 9.97 Å². The quantitative estimate of drug-likeness (QED) is 0.647. The molecule has 32 heavy (non-hydrogen) atoms. The van der Waals surface area contributed by atoms with Crippen LogP contribution in [0.1, 0.15) is 55.3 Å². The van der Waals surface area contributed by atoms with Gasteiger partial charge in [0.1, 0.15) is 11.6 Å². The van der Waals surface area contributed by atoms with Gasteiger partial charge in [-0.05, 0) is 56.0 Å². The zero-order valence-corrected chi connectivity index (χ0v) is 19.6. The van der Waals surface area contributed by atoms with E-state index in [1.807, 2.05) is 0 Å². The van der Waals surface area contributed by atoms with Gasteiger partial charge in [0.05, 0.1) is 12.2 Å². The largest absolute Gasteiger partial charge is 0.365 e. The molecule has 2 aliphatic rings. The lowest BCUT2D eigenvalue weighted by molar-refractivity contribution is 0.383. The van der Waals surface area contributed by atoms with Gasteiger partial charge < -0.3 is 15.5 Å². The van der Waals surface area contributed by atoms with Crippen LogP contribution in [0.25, 0.3) is 10.8 Å². The van der Waals surface area contributed by atoms with Crippen LogP contribution < -0.4 is 15.5 Å². The van der Waals surface area contributed by atoms with E-state index in [-0.39, 0.29) is 0 Å². The first kappa shape index (κ1) is 21.2. The summed E-state index contributed by atoms with van der Waals surface area (Å²) in [5.41, 5.74) is 11.3. The molecule has 0 atom stereocenters. The first-order valence-corrected chi connectivity index (χ1v) is 12.2. The van der Waals surface area contributed by atoms with Crippen molar-refractivity contribution in [2.45, 2.75) is 71.0 Å². The van der Waals surface area contributed by atoms with E-state index in [4.69, 9.17) is 15.7 Å². The van der Waals surface area contributed by atoms with E-state index >= 15 is 0 Å². The van der Waals surface area contributed by atoms with E-state index in [0.717, 1.165) is 63.3 Å². The van der Waals surface area contributed by atoms with Crippen molar-refractivity contribution in [3.63, 3.8) is 0 Å². The Morgan fingerprint density at radius 1 is 1.06 bits per heavy atom. The summed E-state index contributed by atoms with van der Waals surface area (Å²) in [6, 6.07) is 14.1. The van der Waals surface area contributed by atoms with Crippen LogP contribution in [0, 0.1) is 6.92 Å². The molecular weight excluding hydrogens is 394 g/mol. The van der Waals surface area contributed by atoms with Crippen LogP contribution in [-0.2, 0) is 19.4 Å². The Kier molecular flexibility index (Phi) is 5.76. The lowest BCUT2D eigenvalue weighted by atomic mass is 9.90. The fourth-order valence-electron chi connectivity index (χ4n) is 5.55. The fourth-order valence-corrected chi connectivity index (χ4v) is 5.55. The summed E-state index contributed by atoms with van der Waals surface area (Å²) in [4.78, 5) is 15.0. The topological polar surface area (TPSA) is 58.3 Å². The van der Waals surface area contributed by atoms with E-state index in [1.54, 1.807) is 0 Å². The third kappa shape index (κ3) is 3.83. The monoisotopic (exact) mass is 429 g/mol. The predicted molar refractivity (Wildman–Crippen MR) is 133 cm³/mol. The molecule has 1 fully saturated rings. The highest BCUT2D eigenvalue weighted by Gasteiger charge is 2.29. The molecule has 5 heteroatoms. The van der Waals surface area contributed by atoms with Gasteiger partial charge in [-0.2, -0.15) is 0 Å². The third-order valence-electron chi connectivity index (χ3n) is 7.46. The summed E-state index contributed by atoms with van der Waals surface area (Å²) < 4.78 is 0. The maximum atomic E-state index is 6.16. The van der Waals surface area contributed by atoms with Crippen molar-refractivity contribution in [2.75, 3.05) is 23.4 Å². The molecule has 5 rings (SSSR count). The smallest absolute Gasteiger partial charge is 0.135 e. The lowest BCUT2D eigenvalue weighted by Crippen LogP contribution is -2.41. The molecule has 2 N–H and O–H groups in total. The van der Waals surface area contributed by atoms with Gasteiger partial charge in [0, 0.05) is 48.7 Å². The number of hydrogen-bond donors (Lipinski definition) is 1. The number of hydrogen-bond acceptors (Lipinski definition) is 5. The Morgan fingerprint density at radius 2 is 1.81 bits per heavy atom. The van der Waals surface area contributed by atoms with Crippen LogP contribution in [0.4, 0.5) is 11.5 Å². The third-order valence-corrected chi connectivity index (χ3v) is 7.46. The normalized spacial score (nSPS) is 20.9. The van der Waals surface area contributed by atoms with Gasteiger partial charge in [0.25, 0.3) is 0 Å². The number of benzene rings is 2. The van der Waals surface area contributed by atoms with Gasteiger partial charge in [-0.1, -0.05) is 37.3 Å². The van der Waals surface area contributed by atoms with Crippen molar-refractivity contribution in [2.24, 2.45) is 5.73 Å². The molecule has 2 heterocycles. The summed E-state index contributed by atoms with van der Waals surface area (Å²) in [6.45, 7) is 6.20. The minimum absolute atomic E-state index is 0.364. The van der Waals surface area contributed by atoms with Gasteiger partial charge in [-0.3, -0.25) is 0 Å². The molecule has 3 aromatic rings. The Hall–Kier alpha value is -2.66. The molecule has 1 aliphatic heterocycles. The number of rotatable bonds is 4. The van der Waals surface area contributed by atoms with Crippen molar-refractivity contribution < 1.29 is 0 Å². The lowest BCUT2D eigenvalue weighted by Gasteiger charge is -2.38. The zero-order valence-electron chi connectivity index (χ0n) is 19.6. The highest BCUT2D eigenvalue weighted by molar-refractivity contribution is 5.97. The summed E-state index contributed by atoms with van der Waals surface area (Å²) >= 11 is 0. The molecule has 1 aliphatic carbocycles. The van der Waals surface area contributed by atoms with Crippen LogP contribution in [0.3, 0.4) is 0 Å². The Balaban J connectivity index is 1.50. The highest BCUT2D eigenvalue weighted by atomic mass is 15.2. The van der Waals surface area contributed by atoms with Crippen molar-refractivity contribution in [1.29, 1.82) is 0 Å². The number of aromatic nitrogens is 2. The number of nitrogens with zero attached hydrogens (tertiary/aromatic N) is 4. The van der Waals surface area contributed by atoms with E-state index in [1.165, 1.54) is 33.3 Å². The highest BCUT2D eigenvalue weighted by Crippen LogP contribution is 2.35. The maximum absolute atomic E-state index is 6.16. The zero-order chi connectivity index (χ0) is 22.2. The van der Waals surface area contributed by atoms with Gasteiger partial charge in [0.2, 0.25) is 0 Å². The molecule has 5 nitrogen and oxygen atoms in total. The molecule has 0 unspecified atom stereocenters. The summed E-state index contributed by atoms with van der Waals surface area (Å²) in [6.07, 6.45) is 6.36. The standard InChI is InChI=1S/C27H35N5/c1-4-25-29-23-17-32(24-10-6-9-19-8-5-7-18(2)26(19)24)16-15-22(23)27(30-25)31(3)21-13-11-20(28)12-14-21/h5-10,20-21H,4,11-17,28H2,1-3H3. The first-order chi connectivity index (χ1) is 15.5. The van der Waals surface area contributed by atoms with E-state index in [2.05, 4.69) is 67.1 Å². The average molecular weight is 430 g/mol. The molecule has 168 valence electrons. The molecule has 0 bridgehead atoms. The molecule has 2 aromatic carbocycles. The van der Waals surface area contributed by atoms with Crippen LogP contribution in [0.5, 0.6) is 0 Å². The van der Waals surface area contributed by atoms with E-state index < -0.39 is 0 Å². The second kappa shape index (κ2) is 8.70. The summed E-state index contributed by atoms with van der Waals surface area (Å²) in [5, 5.41) is 2.67. The predicted octanol–water partition coefficient (Wildman–Crippen LogP) is 4.77. The molecule has 0 amide bonds. The number of aryl methyl sites for hydroxylation is 2. The van der Waals surface area contributed by atoms with E-state index in [0.29, 0.717) is 12.1 Å². The van der Waals surface area contributed by atoms with Crippen molar-refractivity contribution in [3.05, 3.63) is 59.0 Å². The van der Waals surface area contributed by atoms with Crippen LogP contribution in [0.2, 0.25) is 0 Å². The fraction of sp³-hybridized carbons (Fsp3) is 0.481. The SMILES string of the molecule is CCc1nc2c(c(N(C)C3CCC(N)CC3)n1)CCN(c1cccc3cccc(C)c13)C2. The summed E-state index contributed by atoms with van der Waals surface area (Å²) in [5.74, 6) is 2.11. The van der Waals surface area contributed by atoms with Gasteiger partial charge >= 0.3 is 0 Å². The Morgan fingerprint density at radius 3 is 2.56 bits per heavy atom. The van der Waals surface area contributed by atoms with Gasteiger partial charge in [0.15, 0.2) is 0 Å². The van der Waals surface area contributed by atoms with Crippen LogP contribution in [-0.4, -0.2) is 35.6 Å². The molecular formula is C27H35N5. The van der Waals surface area contributed by atoms with Gasteiger partial charge in [-0.15, -0.1) is 0 Å². The Bertz CT molecular complexity index is 1110. The molecule has 1 saturated carbocycles. The number of nitrogens with two attached hydrogens (primary N) is 1. The van der Waals surface area contributed by atoms with E-state index in [9.17, 15) is 0 Å². The molecule has 0 radical (unpaired) electrons. The minimum atomic E-state index is 0.364. The molecule has 0 saturated heterocycles.